The molecule has 0 amide bonds. The number of thioether (sulfide) groups is 2. The second kappa shape index (κ2) is 5.46. The summed E-state index contributed by atoms with van der Waals surface area (Å²) in [6.07, 6.45) is 4.14. The highest BCUT2D eigenvalue weighted by atomic mass is 32.2. The van der Waals surface area contributed by atoms with Gasteiger partial charge < -0.3 is 0 Å². The smallest absolute Gasteiger partial charge is 0.119 e. The molecule has 0 atom stereocenters. The van der Waals surface area contributed by atoms with Gasteiger partial charge in [-0.05, 0) is 18.1 Å². The lowest BCUT2D eigenvalue weighted by molar-refractivity contribution is 0.616. The first-order chi connectivity index (χ1) is 7.83. The van der Waals surface area contributed by atoms with Crippen LogP contribution in [0.2, 0.25) is 0 Å². The molecule has 2 nitrogen and oxygen atoms in total. The monoisotopic (exact) mass is 250 g/mol. The summed E-state index contributed by atoms with van der Waals surface area (Å²) in [6, 6.07) is 12.6. The molecule has 1 aromatic heterocycles. The number of rotatable bonds is 4. The molecule has 2 rings (SSSR count). The van der Waals surface area contributed by atoms with Crippen LogP contribution in [0, 0.1) is 0 Å². The first-order valence-electron chi connectivity index (χ1n) is 5.03. The summed E-state index contributed by atoms with van der Waals surface area (Å²) in [6.45, 7) is 0.845. The van der Waals surface area contributed by atoms with Crippen LogP contribution in [0.4, 0.5) is 0 Å². The fourth-order valence-corrected chi connectivity index (χ4v) is 2.54. The SMILES string of the molecule is CSc1cc(SC)n(Cc2ccccc2)n1. The van der Waals surface area contributed by atoms with Gasteiger partial charge in [0.1, 0.15) is 5.03 Å². The molecule has 0 spiro atoms. The first kappa shape index (κ1) is 11.6. The Balaban J connectivity index is 2.23. The van der Waals surface area contributed by atoms with E-state index in [4.69, 9.17) is 0 Å². The van der Waals surface area contributed by atoms with E-state index in [0.29, 0.717) is 0 Å². The predicted molar refractivity (Wildman–Crippen MR) is 71.3 cm³/mol. The van der Waals surface area contributed by atoms with Gasteiger partial charge in [0.15, 0.2) is 0 Å². The minimum Gasteiger partial charge on any atom is -0.254 e. The largest absolute Gasteiger partial charge is 0.254 e. The molecule has 0 aliphatic carbocycles. The van der Waals surface area contributed by atoms with Crippen molar-refractivity contribution in [3.63, 3.8) is 0 Å². The van der Waals surface area contributed by atoms with Crippen molar-refractivity contribution < 1.29 is 0 Å². The zero-order valence-electron chi connectivity index (χ0n) is 9.38. The van der Waals surface area contributed by atoms with Crippen LogP contribution in [-0.2, 0) is 6.54 Å². The van der Waals surface area contributed by atoms with E-state index in [0.717, 1.165) is 11.6 Å². The van der Waals surface area contributed by atoms with E-state index < -0.39 is 0 Å². The Morgan fingerprint density at radius 1 is 1.12 bits per heavy atom. The van der Waals surface area contributed by atoms with Gasteiger partial charge in [0.25, 0.3) is 0 Å². The van der Waals surface area contributed by atoms with Crippen molar-refractivity contribution in [3.05, 3.63) is 42.0 Å². The average Bonchev–Trinajstić information content (AvgIpc) is 2.73. The first-order valence-corrected chi connectivity index (χ1v) is 7.48. The second-order valence-electron chi connectivity index (χ2n) is 3.37. The van der Waals surface area contributed by atoms with Crippen LogP contribution in [0.1, 0.15) is 5.56 Å². The lowest BCUT2D eigenvalue weighted by Gasteiger charge is -2.04. The van der Waals surface area contributed by atoms with Crippen molar-refractivity contribution in [1.82, 2.24) is 9.78 Å². The summed E-state index contributed by atoms with van der Waals surface area (Å²) in [5.74, 6) is 0. The molecule has 1 aromatic carbocycles. The van der Waals surface area contributed by atoms with E-state index in [1.807, 2.05) is 6.07 Å². The summed E-state index contributed by atoms with van der Waals surface area (Å²) in [4.78, 5) is 0. The lowest BCUT2D eigenvalue weighted by atomic mass is 10.2. The highest BCUT2D eigenvalue weighted by molar-refractivity contribution is 7.99. The van der Waals surface area contributed by atoms with E-state index in [-0.39, 0.29) is 0 Å². The van der Waals surface area contributed by atoms with Gasteiger partial charge in [-0.3, -0.25) is 4.68 Å². The molecular formula is C12H14N2S2. The number of nitrogens with zero attached hydrogens (tertiary/aromatic N) is 2. The third-order valence-electron chi connectivity index (χ3n) is 2.31. The number of benzene rings is 1. The summed E-state index contributed by atoms with van der Waals surface area (Å²) in [5.41, 5.74) is 1.29. The van der Waals surface area contributed by atoms with Gasteiger partial charge in [0.2, 0.25) is 0 Å². The van der Waals surface area contributed by atoms with E-state index in [1.165, 1.54) is 10.6 Å². The Hall–Kier alpha value is -0.870. The maximum atomic E-state index is 4.55. The van der Waals surface area contributed by atoms with Crippen LogP contribution in [0.15, 0.2) is 46.5 Å². The van der Waals surface area contributed by atoms with Gasteiger partial charge >= 0.3 is 0 Å². The molecule has 84 valence electrons. The maximum Gasteiger partial charge on any atom is 0.119 e. The van der Waals surface area contributed by atoms with Gasteiger partial charge in [-0.25, -0.2) is 0 Å². The van der Waals surface area contributed by atoms with Gasteiger partial charge in [-0.15, -0.1) is 23.5 Å². The summed E-state index contributed by atoms with van der Waals surface area (Å²) in [5, 5.41) is 6.85. The van der Waals surface area contributed by atoms with Crippen LogP contribution in [0.5, 0.6) is 0 Å². The zero-order chi connectivity index (χ0) is 11.4. The van der Waals surface area contributed by atoms with E-state index in [9.17, 15) is 0 Å². The van der Waals surface area contributed by atoms with Gasteiger partial charge in [0, 0.05) is 6.07 Å². The molecule has 0 fully saturated rings. The minimum atomic E-state index is 0.845. The normalized spacial score (nSPS) is 10.6. The van der Waals surface area contributed by atoms with Crippen molar-refractivity contribution in [2.75, 3.05) is 12.5 Å². The van der Waals surface area contributed by atoms with Gasteiger partial charge in [-0.1, -0.05) is 30.3 Å². The van der Waals surface area contributed by atoms with Crippen LogP contribution in [0.3, 0.4) is 0 Å². The molecule has 1 heterocycles. The molecular weight excluding hydrogens is 236 g/mol. The zero-order valence-corrected chi connectivity index (χ0v) is 11.0. The Morgan fingerprint density at radius 2 is 1.88 bits per heavy atom. The van der Waals surface area contributed by atoms with E-state index in [1.54, 1.807) is 23.5 Å². The highest BCUT2D eigenvalue weighted by Crippen LogP contribution is 2.22. The standard InChI is InChI=1S/C12H14N2S2/c1-15-11-8-12(16-2)14(13-11)9-10-6-4-3-5-7-10/h3-8H,9H2,1-2H3. The highest BCUT2D eigenvalue weighted by Gasteiger charge is 2.06. The van der Waals surface area contributed by atoms with Crippen LogP contribution < -0.4 is 0 Å². The average molecular weight is 250 g/mol. The minimum absolute atomic E-state index is 0.845. The Morgan fingerprint density at radius 3 is 2.50 bits per heavy atom. The van der Waals surface area contributed by atoms with Crippen LogP contribution in [0.25, 0.3) is 0 Å². The fourth-order valence-electron chi connectivity index (χ4n) is 1.51. The number of hydrogen-bond donors (Lipinski definition) is 0. The molecule has 0 saturated carbocycles. The van der Waals surface area contributed by atoms with Crippen LogP contribution in [-0.4, -0.2) is 22.3 Å². The fraction of sp³-hybridized carbons (Fsp3) is 0.250. The van der Waals surface area contributed by atoms with Crippen molar-refractivity contribution in [2.45, 2.75) is 16.6 Å². The Labute approximate surface area is 104 Å². The maximum absolute atomic E-state index is 4.55. The third-order valence-corrected chi connectivity index (χ3v) is 3.68. The van der Waals surface area contributed by atoms with Gasteiger partial charge in [-0.2, -0.15) is 5.10 Å². The van der Waals surface area contributed by atoms with Crippen molar-refractivity contribution in [3.8, 4) is 0 Å². The third kappa shape index (κ3) is 2.62. The van der Waals surface area contributed by atoms with Gasteiger partial charge in [0.05, 0.1) is 11.6 Å². The van der Waals surface area contributed by atoms with Crippen molar-refractivity contribution in [2.24, 2.45) is 0 Å². The quantitative estimate of drug-likeness (QED) is 0.775. The number of aromatic nitrogens is 2. The predicted octanol–water partition coefficient (Wildman–Crippen LogP) is 3.38. The molecule has 0 aliphatic heterocycles. The lowest BCUT2D eigenvalue weighted by Crippen LogP contribution is -2.02. The molecule has 4 heteroatoms. The van der Waals surface area contributed by atoms with Crippen molar-refractivity contribution in [1.29, 1.82) is 0 Å². The summed E-state index contributed by atoms with van der Waals surface area (Å²) in [7, 11) is 0. The molecule has 0 radical (unpaired) electrons. The van der Waals surface area contributed by atoms with Crippen LogP contribution >= 0.6 is 23.5 Å². The van der Waals surface area contributed by atoms with E-state index in [2.05, 4.69) is 52.6 Å². The molecule has 0 aliphatic rings. The topological polar surface area (TPSA) is 17.8 Å². The Kier molecular flexibility index (Phi) is 3.96. The summed E-state index contributed by atoms with van der Waals surface area (Å²) < 4.78 is 2.06. The molecule has 0 bridgehead atoms. The molecule has 2 aromatic rings. The molecule has 0 unspecified atom stereocenters. The van der Waals surface area contributed by atoms with E-state index >= 15 is 0 Å². The Bertz CT molecular complexity index is 451. The summed E-state index contributed by atoms with van der Waals surface area (Å²) >= 11 is 3.42. The molecule has 0 N–H and O–H groups in total. The van der Waals surface area contributed by atoms with Crippen molar-refractivity contribution >= 4 is 23.5 Å². The molecule has 16 heavy (non-hydrogen) atoms. The molecule has 0 saturated heterocycles. The second-order valence-corrected chi connectivity index (χ2v) is 5.03. The number of hydrogen-bond acceptors (Lipinski definition) is 3.